The van der Waals surface area contributed by atoms with Crippen LogP contribution in [0.2, 0.25) is 5.02 Å². The Labute approximate surface area is 174 Å². The van der Waals surface area contributed by atoms with Crippen molar-refractivity contribution < 1.29 is 18.7 Å². The quantitative estimate of drug-likeness (QED) is 0.584. The molecular formula is C19H13ClN4O4S. The zero-order valence-electron chi connectivity index (χ0n) is 14.8. The first-order valence-corrected chi connectivity index (χ1v) is 9.84. The van der Waals surface area contributed by atoms with Crippen LogP contribution in [0, 0.1) is 11.3 Å². The molecule has 8 nitrogen and oxygen atoms in total. The zero-order valence-corrected chi connectivity index (χ0v) is 16.4. The van der Waals surface area contributed by atoms with Crippen LogP contribution in [0.3, 0.4) is 0 Å². The molecule has 2 aromatic carbocycles. The maximum atomic E-state index is 12.1. The third kappa shape index (κ3) is 4.45. The Balaban J connectivity index is 1.29. The Bertz CT molecular complexity index is 1110. The minimum absolute atomic E-state index is 0.186. The number of ether oxygens (including phenoxy) is 2. The van der Waals surface area contributed by atoms with Crippen LogP contribution in [0.4, 0.5) is 5.69 Å². The first-order valence-electron chi connectivity index (χ1n) is 8.48. The number of thioether (sulfide) groups is 1. The number of nitriles is 1. The summed E-state index contributed by atoms with van der Waals surface area (Å²) in [5.74, 6) is 1.95. The molecule has 0 saturated heterocycles. The average Bonchev–Trinajstić information content (AvgIpc) is 3.37. The normalized spacial score (nSPS) is 11.9. The van der Waals surface area contributed by atoms with Gasteiger partial charge in [0.05, 0.1) is 10.6 Å². The number of carbonyl (C=O) groups excluding carboxylic acids is 1. The lowest BCUT2D eigenvalue weighted by molar-refractivity contribution is -0.115. The molecule has 4 rings (SSSR count). The van der Waals surface area contributed by atoms with Crippen molar-refractivity contribution in [3.63, 3.8) is 0 Å². The topological polar surface area (TPSA) is 110 Å². The fourth-order valence-electron chi connectivity index (χ4n) is 2.55. The Hall–Kier alpha value is -3.22. The molecule has 0 radical (unpaired) electrons. The zero-order chi connectivity index (χ0) is 20.2. The molecule has 1 N–H and O–H groups in total. The van der Waals surface area contributed by atoms with Gasteiger partial charge in [0, 0.05) is 23.4 Å². The number of rotatable bonds is 6. The Morgan fingerprint density at radius 3 is 2.90 bits per heavy atom. The number of hydrogen-bond acceptors (Lipinski definition) is 8. The lowest BCUT2D eigenvalue weighted by Gasteiger charge is -2.05. The molecule has 29 heavy (non-hydrogen) atoms. The highest BCUT2D eigenvalue weighted by Crippen LogP contribution is 2.36. The third-order valence-electron chi connectivity index (χ3n) is 3.95. The molecule has 0 bridgehead atoms. The molecule has 1 amide bonds. The SMILES string of the molecule is N#Cc1ccc(NC(=O)CCSc2nnc(-c3ccc4c(c3)OCO4)o2)cc1Cl. The summed E-state index contributed by atoms with van der Waals surface area (Å²) in [6, 6.07) is 12.1. The predicted molar refractivity (Wildman–Crippen MR) is 106 cm³/mol. The van der Waals surface area contributed by atoms with Crippen molar-refractivity contribution in [1.82, 2.24) is 10.2 Å². The molecule has 1 aliphatic heterocycles. The van der Waals surface area contributed by atoms with Gasteiger partial charge in [-0.05, 0) is 36.4 Å². The highest BCUT2D eigenvalue weighted by Gasteiger charge is 2.17. The number of benzene rings is 2. The second-order valence-corrected chi connectivity index (χ2v) is 7.35. The summed E-state index contributed by atoms with van der Waals surface area (Å²) in [4.78, 5) is 12.1. The number of amides is 1. The standard InChI is InChI=1S/C19H13ClN4O4S/c20-14-8-13(3-1-12(14)9-21)22-17(25)5-6-29-19-24-23-18(28-19)11-2-4-15-16(7-11)27-10-26-15/h1-4,7-8H,5-6,10H2,(H,22,25). The number of aromatic nitrogens is 2. The highest BCUT2D eigenvalue weighted by atomic mass is 35.5. The van der Waals surface area contributed by atoms with Gasteiger partial charge in [-0.1, -0.05) is 23.4 Å². The van der Waals surface area contributed by atoms with E-state index in [1.165, 1.54) is 11.8 Å². The van der Waals surface area contributed by atoms with Crippen LogP contribution in [-0.2, 0) is 4.79 Å². The lowest BCUT2D eigenvalue weighted by atomic mass is 10.2. The summed E-state index contributed by atoms with van der Waals surface area (Å²) < 4.78 is 16.3. The number of nitrogens with zero attached hydrogens (tertiary/aromatic N) is 3. The fraction of sp³-hybridized carbons (Fsp3) is 0.158. The number of hydrogen-bond donors (Lipinski definition) is 1. The molecule has 0 unspecified atom stereocenters. The first kappa shape index (κ1) is 19.1. The maximum Gasteiger partial charge on any atom is 0.276 e. The van der Waals surface area contributed by atoms with Crippen LogP contribution in [0.5, 0.6) is 11.5 Å². The maximum absolute atomic E-state index is 12.1. The van der Waals surface area contributed by atoms with Gasteiger partial charge in [0.15, 0.2) is 11.5 Å². The van der Waals surface area contributed by atoms with Crippen LogP contribution >= 0.6 is 23.4 Å². The van der Waals surface area contributed by atoms with Crippen LogP contribution in [0.1, 0.15) is 12.0 Å². The van der Waals surface area contributed by atoms with E-state index >= 15 is 0 Å². The van der Waals surface area contributed by atoms with E-state index in [9.17, 15) is 4.79 Å². The number of halogens is 1. The molecule has 0 spiro atoms. The van der Waals surface area contributed by atoms with Gasteiger partial charge in [0.1, 0.15) is 6.07 Å². The lowest BCUT2D eigenvalue weighted by Crippen LogP contribution is -2.12. The van der Waals surface area contributed by atoms with Crippen LogP contribution < -0.4 is 14.8 Å². The molecule has 0 saturated carbocycles. The van der Waals surface area contributed by atoms with E-state index in [0.29, 0.717) is 44.6 Å². The molecule has 10 heteroatoms. The fourth-order valence-corrected chi connectivity index (χ4v) is 3.47. The van der Waals surface area contributed by atoms with Gasteiger partial charge in [-0.25, -0.2) is 0 Å². The second-order valence-electron chi connectivity index (χ2n) is 5.89. The van der Waals surface area contributed by atoms with Crippen molar-refractivity contribution >= 4 is 35.0 Å². The molecule has 0 aliphatic carbocycles. The Kier molecular flexibility index (Phi) is 5.55. The number of nitrogens with one attached hydrogen (secondary N) is 1. The van der Waals surface area contributed by atoms with Crippen LogP contribution in [0.25, 0.3) is 11.5 Å². The summed E-state index contributed by atoms with van der Waals surface area (Å²) in [6.07, 6.45) is 0.240. The van der Waals surface area contributed by atoms with Crippen molar-refractivity contribution in [3.05, 3.63) is 47.0 Å². The van der Waals surface area contributed by atoms with Crippen molar-refractivity contribution in [2.45, 2.75) is 11.6 Å². The molecule has 146 valence electrons. The van der Waals surface area contributed by atoms with Gasteiger partial charge in [-0.3, -0.25) is 4.79 Å². The van der Waals surface area contributed by atoms with Crippen molar-refractivity contribution in [2.75, 3.05) is 17.9 Å². The number of carbonyl (C=O) groups is 1. The van der Waals surface area contributed by atoms with Gasteiger partial charge in [-0.2, -0.15) is 5.26 Å². The minimum atomic E-state index is -0.186. The van der Waals surface area contributed by atoms with Gasteiger partial charge in [0.2, 0.25) is 18.6 Å². The van der Waals surface area contributed by atoms with Crippen molar-refractivity contribution in [2.24, 2.45) is 0 Å². The van der Waals surface area contributed by atoms with E-state index in [-0.39, 0.29) is 19.1 Å². The van der Waals surface area contributed by atoms with Gasteiger partial charge >= 0.3 is 0 Å². The van der Waals surface area contributed by atoms with E-state index in [4.69, 9.17) is 30.8 Å². The smallest absolute Gasteiger partial charge is 0.276 e. The first-order chi connectivity index (χ1) is 14.1. The third-order valence-corrected chi connectivity index (χ3v) is 5.09. The second kappa shape index (κ2) is 8.43. The van der Waals surface area contributed by atoms with Crippen molar-refractivity contribution in [1.29, 1.82) is 5.26 Å². The number of anilines is 1. The van der Waals surface area contributed by atoms with E-state index < -0.39 is 0 Å². The molecule has 0 atom stereocenters. The van der Waals surface area contributed by atoms with Crippen molar-refractivity contribution in [3.8, 4) is 29.0 Å². The Morgan fingerprint density at radius 1 is 1.21 bits per heavy atom. The summed E-state index contributed by atoms with van der Waals surface area (Å²) in [7, 11) is 0. The Morgan fingerprint density at radius 2 is 2.07 bits per heavy atom. The largest absolute Gasteiger partial charge is 0.454 e. The highest BCUT2D eigenvalue weighted by molar-refractivity contribution is 7.99. The van der Waals surface area contributed by atoms with E-state index in [2.05, 4.69) is 15.5 Å². The number of fused-ring (bicyclic) bond motifs is 1. The van der Waals surface area contributed by atoms with Gasteiger partial charge in [-0.15, -0.1) is 10.2 Å². The molecule has 1 aliphatic rings. The monoisotopic (exact) mass is 428 g/mol. The van der Waals surface area contributed by atoms with Crippen LogP contribution in [-0.4, -0.2) is 28.7 Å². The minimum Gasteiger partial charge on any atom is -0.454 e. The molecule has 1 aromatic heterocycles. The molecule has 3 aromatic rings. The average molecular weight is 429 g/mol. The summed E-state index contributed by atoms with van der Waals surface area (Å²) in [6.45, 7) is 0.195. The van der Waals surface area contributed by atoms with Gasteiger partial charge < -0.3 is 19.2 Å². The predicted octanol–water partition coefficient (Wildman–Crippen LogP) is 4.11. The van der Waals surface area contributed by atoms with Crippen LogP contribution in [0.15, 0.2) is 46.0 Å². The molecule has 0 fully saturated rings. The van der Waals surface area contributed by atoms with E-state index in [1.807, 2.05) is 12.1 Å². The molecular weight excluding hydrogens is 416 g/mol. The summed E-state index contributed by atoms with van der Waals surface area (Å²) in [5.41, 5.74) is 1.62. The summed E-state index contributed by atoms with van der Waals surface area (Å²) >= 11 is 7.24. The summed E-state index contributed by atoms with van der Waals surface area (Å²) in [5, 5.41) is 20.3. The van der Waals surface area contributed by atoms with E-state index in [0.717, 1.165) is 5.56 Å². The van der Waals surface area contributed by atoms with Gasteiger partial charge in [0.25, 0.3) is 5.22 Å². The molecule has 2 heterocycles. The van der Waals surface area contributed by atoms with E-state index in [1.54, 1.807) is 30.3 Å².